The minimum Gasteiger partial charge on any atom is -0.462 e. The fourth-order valence-corrected chi connectivity index (χ4v) is 5.87. The molecule has 10 atom stereocenters. The van der Waals surface area contributed by atoms with Gasteiger partial charge in [0.05, 0.1) is 18.3 Å². The van der Waals surface area contributed by atoms with Crippen molar-refractivity contribution in [1.29, 1.82) is 0 Å². The Morgan fingerprint density at radius 2 is 1.91 bits per heavy atom. The van der Waals surface area contributed by atoms with Gasteiger partial charge in [0.15, 0.2) is 5.89 Å². The minimum atomic E-state index is -0.971. The molecule has 10 heteroatoms. The van der Waals surface area contributed by atoms with Gasteiger partial charge in [-0.25, -0.2) is 4.98 Å². The predicted molar refractivity (Wildman–Crippen MR) is 170 cm³/mol. The van der Waals surface area contributed by atoms with Crippen LogP contribution < -0.4 is 0 Å². The van der Waals surface area contributed by atoms with E-state index in [4.69, 9.17) is 18.6 Å². The average molecular weight is 630 g/mol. The summed E-state index contributed by atoms with van der Waals surface area (Å²) in [6.07, 6.45) is 10.7. The second-order valence-corrected chi connectivity index (χ2v) is 13.0. The summed E-state index contributed by atoms with van der Waals surface area (Å²) in [7, 11) is 0. The number of epoxide rings is 1. The molecule has 2 fully saturated rings. The first-order valence-electron chi connectivity index (χ1n) is 15.8. The fraction of sp³-hybridized carbons (Fsp3) is 0.629. The highest BCUT2D eigenvalue weighted by Gasteiger charge is 2.56. The van der Waals surface area contributed by atoms with Crippen LogP contribution in [0.5, 0.6) is 0 Å². The topological polar surface area (TPSA) is 152 Å². The van der Waals surface area contributed by atoms with E-state index in [2.05, 4.69) is 4.98 Å². The maximum absolute atomic E-state index is 12.1. The Morgan fingerprint density at radius 1 is 1.20 bits per heavy atom. The molecular formula is C35H51NO9. The quantitative estimate of drug-likeness (QED) is 0.104. The van der Waals surface area contributed by atoms with Crippen molar-refractivity contribution in [3.8, 4) is 0 Å². The molecule has 3 N–H and O–H groups in total. The molecular weight excluding hydrogens is 578 g/mol. The van der Waals surface area contributed by atoms with Crippen molar-refractivity contribution in [2.24, 2.45) is 17.8 Å². The third-order valence-electron chi connectivity index (χ3n) is 8.76. The number of carbonyl (C=O) groups excluding carboxylic acids is 2. The summed E-state index contributed by atoms with van der Waals surface area (Å²) in [5, 5.41) is 32.0. The van der Waals surface area contributed by atoms with E-state index in [1.807, 2.05) is 44.2 Å². The molecule has 0 bridgehead atoms. The molecule has 1 aromatic rings. The molecule has 1 aromatic heterocycles. The number of nitrogens with zero attached hydrogens (tertiary/aromatic N) is 1. The first-order valence-corrected chi connectivity index (χ1v) is 15.8. The summed E-state index contributed by atoms with van der Waals surface area (Å²) in [6, 6.07) is 0. The zero-order valence-electron chi connectivity index (χ0n) is 27.8. The van der Waals surface area contributed by atoms with Crippen LogP contribution in [0.3, 0.4) is 0 Å². The van der Waals surface area contributed by atoms with E-state index < -0.39 is 41.9 Å². The summed E-state index contributed by atoms with van der Waals surface area (Å²) in [4.78, 5) is 28.4. The Labute approximate surface area is 266 Å². The predicted octanol–water partition coefficient (Wildman–Crippen LogP) is 5.01. The maximum atomic E-state index is 12.1. The van der Waals surface area contributed by atoms with Crippen molar-refractivity contribution in [2.45, 2.75) is 123 Å². The number of cyclic esters (lactones) is 1. The lowest BCUT2D eigenvalue weighted by Crippen LogP contribution is -2.40. The number of hydrogen-bond acceptors (Lipinski definition) is 10. The van der Waals surface area contributed by atoms with Crippen LogP contribution in [0.15, 0.2) is 52.2 Å². The maximum Gasteiger partial charge on any atom is 0.306 e. The van der Waals surface area contributed by atoms with E-state index in [9.17, 15) is 24.9 Å². The summed E-state index contributed by atoms with van der Waals surface area (Å²) < 4.78 is 22.3. The molecule has 0 aliphatic carbocycles. The van der Waals surface area contributed by atoms with E-state index >= 15 is 0 Å². The van der Waals surface area contributed by atoms with Crippen LogP contribution in [0.4, 0.5) is 0 Å². The van der Waals surface area contributed by atoms with Crippen LogP contribution in [0.25, 0.3) is 6.08 Å². The highest BCUT2D eigenvalue weighted by Crippen LogP contribution is 2.43. The molecule has 250 valence electrons. The lowest BCUT2D eigenvalue weighted by Gasteiger charge is -2.32. The molecule has 0 amide bonds. The number of aromatic nitrogens is 1. The third kappa shape index (κ3) is 10.8. The summed E-state index contributed by atoms with van der Waals surface area (Å²) >= 11 is 0. The standard InChI is InChI=1S/C35H51NO9/c1-20(14-28-19-42-25(6)36-28)10-9-11-22(3)34(41)24(5)30(43-26(7)38)18-31(39)35(8)32(45-35)13-12-21(2)29-16-27(15-23(4)37)17-33(40)44-29/h9-14,19,21,23-24,27,29-32,34,37,39,41H,15-18H2,1-8H3/b10-9+,13-12+,20-14+,22-11+/t21-,23-,24+,27-,29-,30?,31+,32-,34+,35?/m1/s1. The summed E-state index contributed by atoms with van der Waals surface area (Å²) in [5.74, 6) is -0.658. The Bertz CT molecular complexity index is 1280. The van der Waals surface area contributed by atoms with Gasteiger partial charge in [-0.15, -0.1) is 0 Å². The molecule has 0 aromatic carbocycles. The van der Waals surface area contributed by atoms with Crippen LogP contribution in [-0.4, -0.2) is 74.5 Å². The second-order valence-electron chi connectivity index (χ2n) is 13.0. The van der Waals surface area contributed by atoms with E-state index in [1.165, 1.54) is 6.92 Å². The van der Waals surface area contributed by atoms with Crippen molar-refractivity contribution in [2.75, 3.05) is 0 Å². The van der Waals surface area contributed by atoms with Gasteiger partial charge in [0.2, 0.25) is 0 Å². The molecule has 45 heavy (non-hydrogen) atoms. The fourth-order valence-electron chi connectivity index (χ4n) is 5.87. The van der Waals surface area contributed by atoms with Crippen molar-refractivity contribution >= 4 is 18.0 Å². The lowest BCUT2D eigenvalue weighted by molar-refractivity contribution is -0.159. The highest BCUT2D eigenvalue weighted by molar-refractivity contribution is 5.70. The Morgan fingerprint density at radius 3 is 2.53 bits per heavy atom. The van der Waals surface area contributed by atoms with Crippen LogP contribution in [-0.2, 0) is 23.8 Å². The number of esters is 2. The molecule has 0 radical (unpaired) electrons. The van der Waals surface area contributed by atoms with Gasteiger partial charge in [0, 0.05) is 38.5 Å². The van der Waals surface area contributed by atoms with Crippen LogP contribution in [0, 0.1) is 24.7 Å². The van der Waals surface area contributed by atoms with Gasteiger partial charge in [0.25, 0.3) is 0 Å². The molecule has 2 aliphatic heterocycles. The number of ether oxygens (including phenoxy) is 3. The highest BCUT2D eigenvalue weighted by atomic mass is 16.6. The molecule has 0 saturated carbocycles. The van der Waals surface area contributed by atoms with Crippen LogP contribution in [0.1, 0.15) is 85.7 Å². The SMILES string of the molecule is CC(=O)OC(C[C@H](O)C1(C)O[C@@H]1/C=C/[C@@H](C)[C@H]1C[C@@H](C[C@@H](C)O)CC(=O)O1)[C@H](C)[C@@H](O)/C(C)=C/C=C/C(C)=C/c1coc(C)n1. The molecule has 2 saturated heterocycles. The van der Waals surface area contributed by atoms with E-state index in [1.54, 1.807) is 47.0 Å². The Kier molecular flexibility index (Phi) is 12.9. The van der Waals surface area contributed by atoms with Crippen molar-refractivity contribution in [1.82, 2.24) is 4.98 Å². The summed E-state index contributed by atoms with van der Waals surface area (Å²) in [6.45, 7) is 14.1. The van der Waals surface area contributed by atoms with Gasteiger partial charge in [-0.2, -0.15) is 0 Å². The van der Waals surface area contributed by atoms with Gasteiger partial charge in [-0.3, -0.25) is 9.59 Å². The number of carbonyl (C=O) groups is 2. The van der Waals surface area contributed by atoms with E-state index in [-0.39, 0.29) is 36.4 Å². The number of hydrogen-bond donors (Lipinski definition) is 3. The van der Waals surface area contributed by atoms with Crippen LogP contribution in [0.2, 0.25) is 0 Å². The minimum absolute atomic E-state index is 0.0742. The zero-order chi connectivity index (χ0) is 33.5. The first kappa shape index (κ1) is 36.4. The second kappa shape index (κ2) is 16.0. The lowest BCUT2D eigenvalue weighted by atomic mass is 9.85. The first-order chi connectivity index (χ1) is 21.1. The molecule has 10 nitrogen and oxygen atoms in total. The van der Waals surface area contributed by atoms with Gasteiger partial charge < -0.3 is 33.9 Å². The zero-order valence-corrected chi connectivity index (χ0v) is 27.8. The molecule has 0 spiro atoms. The van der Waals surface area contributed by atoms with Crippen molar-refractivity contribution < 1.29 is 43.5 Å². The molecule has 3 heterocycles. The van der Waals surface area contributed by atoms with Crippen LogP contribution >= 0.6 is 0 Å². The largest absolute Gasteiger partial charge is 0.462 e. The number of aliphatic hydroxyl groups excluding tert-OH is 3. The molecule has 3 rings (SSSR count). The third-order valence-corrected chi connectivity index (χ3v) is 8.76. The average Bonchev–Trinajstić information content (AvgIpc) is 3.46. The van der Waals surface area contributed by atoms with Gasteiger partial charge in [-0.1, -0.05) is 44.2 Å². The number of oxazole rings is 1. The molecule has 2 aliphatic rings. The number of aryl methyl sites for hydroxylation is 1. The summed E-state index contributed by atoms with van der Waals surface area (Å²) in [5.41, 5.74) is 1.46. The molecule has 2 unspecified atom stereocenters. The van der Waals surface area contributed by atoms with Gasteiger partial charge >= 0.3 is 11.9 Å². The number of allylic oxidation sites excluding steroid dienone is 4. The monoisotopic (exact) mass is 629 g/mol. The normalized spacial score (nSPS) is 28.4. The van der Waals surface area contributed by atoms with Gasteiger partial charge in [0.1, 0.15) is 35.9 Å². The van der Waals surface area contributed by atoms with Gasteiger partial charge in [-0.05, 0) is 63.7 Å². The Hall–Kier alpha value is -3.05. The Balaban J connectivity index is 1.59. The van der Waals surface area contributed by atoms with Crippen molar-refractivity contribution in [3.05, 3.63) is 59.4 Å². The van der Waals surface area contributed by atoms with Crippen molar-refractivity contribution in [3.63, 3.8) is 0 Å². The van der Waals surface area contributed by atoms with E-state index in [0.29, 0.717) is 30.7 Å². The number of aliphatic hydroxyl groups is 3. The van der Waals surface area contributed by atoms with E-state index in [0.717, 1.165) is 11.3 Å². The number of rotatable bonds is 15. The smallest absolute Gasteiger partial charge is 0.306 e.